The van der Waals surface area contributed by atoms with Crippen molar-refractivity contribution in [2.45, 2.75) is 19.5 Å². The summed E-state index contributed by atoms with van der Waals surface area (Å²) in [6.07, 6.45) is 2.59. The maximum Gasteiger partial charge on any atom is 0.317 e. The lowest BCUT2D eigenvalue weighted by Crippen LogP contribution is -2.42. The summed E-state index contributed by atoms with van der Waals surface area (Å²) in [5.74, 6) is 0.742. The summed E-state index contributed by atoms with van der Waals surface area (Å²) in [6, 6.07) is 19.8. The number of benzene rings is 2. The molecule has 5 heteroatoms. The van der Waals surface area contributed by atoms with Gasteiger partial charge in [-0.1, -0.05) is 60.7 Å². The Bertz CT molecular complexity index is 896. The normalized spacial score (nSPS) is 13.2. The number of amides is 2. The first-order chi connectivity index (χ1) is 12.8. The molecule has 5 nitrogen and oxygen atoms in total. The van der Waals surface area contributed by atoms with Gasteiger partial charge in [-0.25, -0.2) is 14.8 Å². The molecule has 2 amide bonds. The van der Waals surface area contributed by atoms with Crippen LogP contribution in [0.4, 0.5) is 4.79 Å². The largest absolute Gasteiger partial charge is 0.334 e. The standard InChI is InChI=1S/C21H20N4O/c26-21(23-13-16-7-3-1-4-8-16)25-12-11-19-18(15-25)14-22-20(24-19)17-9-5-2-6-10-17/h1-10,14H,11-13,15H2,(H,23,26). The van der Waals surface area contributed by atoms with Crippen LogP contribution >= 0.6 is 0 Å². The molecule has 1 N–H and O–H groups in total. The van der Waals surface area contributed by atoms with Gasteiger partial charge in [0.2, 0.25) is 0 Å². The van der Waals surface area contributed by atoms with Crippen LogP contribution in [-0.4, -0.2) is 27.4 Å². The van der Waals surface area contributed by atoms with Crippen molar-refractivity contribution in [3.63, 3.8) is 0 Å². The van der Waals surface area contributed by atoms with Crippen LogP contribution in [0, 0.1) is 0 Å². The number of carbonyl (C=O) groups excluding carboxylic acids is 1. The van der Waals surface area contributed by atoms with Crippen molar-refractivity contribution in [3.8, 4) is 11.4 Å². The minimum Gasteiger partial charge on any atom is -0.334 e. The number of urea groups is 1. The average Bonchev–Trinajstić information content (AvgIpc) is 2.72. The lowest BCUT2D eigenvalue weighted by Gasteiger charge is -2.28. The third-order valence-corrected chi connectivity index (χ3v) is 4.54. The second kappa shape index (κ2) is 7.35. The number of hydrogen-bond donors (Lipinski definition) is 1. The third kappa shape index (κ3) is 3.57. The maximum atomic E-state index is 12.4. The fourth-order valence-electron chi connectivity index (χ4n) is 3.10. The average molecular weight is 344 g/mol. The molecule has 4 rings (SSSR count). The minimum absolute atomic E-state index is 0.0494. The van der Waals surface area contributed by atoms with Crippen molar-refractivity contribution < 1.29 is 4.79 Å². The van der Waals surface area contributed by atoms with E-state index in [0.717, 1.165) is 34.6 Å². The quantitative estimate of drug-likeness (QED) is 0.792. The molecule has 3 aromatic rings. The second-order valence-electron chi connectivity index (χ2n) is 6.35. The lowest BCUT2D eigenvalue weighted by atomic mass is 10.1. The Morgan fingerprint density at radius 3 is 2.54 bits per heavy atom. The second-order valence-corrected chi connectivity index (χ2v) is 6.35. The summed E-state index contributed by atoms with van der Waals surface area (Å²) < 4.78 is 0. The van der Waals surface area contributed by atoms with Gasteiger partial charge >= 0.3 is 6.03 Å². The van der Waals surface area contributed by atoms with Gasteiger partial charge in [0, 0.05) is 36.8 Å². The number of carbonyl (C=O) groups is 1. The summed E-state index contributed by atoms with van der Waals surface area (Å²) in [4.78, 5) is 23.4. The van der Waals surface area contributed by atoms with Crippen molar-refractivity contribution >= 4 is 6.03 Å². The fraction of sp³-hybridized carbons (Fsp3) is 0.190. The highest BCUT2D eigenvalue weighted by atomic mass is 16.2. The van der Waals surface area contributed by atoms with Gasteiger partial charge in [0.05, 0.1) is 12.2 Å². The van der Waals surface area contributed by atoms with Gasteiger partial charge in [-0.05, 0) is 5.56 Å². The van der Waals surface area contributed by atoms with E-state index >= 15 is 0 Å². The van der Waals surface area contributed by atoms with Crippen molar-refractivity contribution in [2.75, 3.05) is 6.54 Å². The molecule has 130 valence electrons. The predicted octanol–water partition coefficient (Wildman–Crippen LogP) is 3.41. The number of nitrogens with one attached hydrogen (secondary N) is 1. The molecular weight excluding hydrogens is 324 g/mol. The summed E-state index contributed by atoms with van der Waals surface area (Å²) in [6.45, 7) is 1.75. The van der Waals surface area contributed by atoms with E-state index in [1.807, 2.05) is 71.8 Å². The number of nitrogens with zero attached hydrogens (tertiary/aromatic N) is 3. The molecule has 0 fully saturated rings. The van der Waals surface area contributed by atoms with E-state index in [1.165, 1.54) is 0 Å². The van der Waals surface area contributed by atoms with Crippen LogP contribution < -0.4 is 5.32 Å². The Kier molecular flexibility index (Phi) is 4.60. The zero-order valence-corrected chi connectivity index (χ0v) is 14.4. The third-order valence-electron chi connectivity index (χ3n) is 4.54. The van der Waals surface area contributed by atoms with E-state index in [4.69, 9.17) is 4.98 Å². The smallest absolute Gasteiger partial charge is 0.317 e. The van der Waals surface area contributed by atoms with Crippen LogP contribution in [0.2, 0.25) is 0 Å². The van der Waals surface area contributed by atoms with Crippen molar-refractivity contribution in [2.24, 2.45) is 0 Å². The van der Waals surface area contributed by atoms with Crippen LogP contribution in [0.1, 0.15) is 16.8 Å². The van der Waals surface area contributed by atoms with Crippen molar-refractivity contribution in [1.82, 2.24) is 20.2 Å². The Balaban J connectivity index is 1.42. The molecule has 1 aliphatic heterocycles. The molecule has 0 unspecified atom stereocenters. The number of aromatic nitrogens is 2. The molecule has 1 aromatic heterocycles. The van der Waals surface area contributed by atoms with Crippen LogP contribution in [0.25, 0.3) is 11.4 Å². The zero-order valence-electron chi connectivity index (χ0n) is 14.4. The van der Waals surface area contributed by atoms with E-state index in [1.54, 1.807) is 0 Å². The fourth-order valence-corrected chi connectivity index (χ4v) is 3.10. The molecular formula is C21H20N4O. The summed E-state index contributed by atoms with van der Waals surface area (Å²) >= 11 is 0. The number of hydrogen-bond acceptors (Lipinski definition) is 3. The van der Waals surface area contributed by atoms with Gasteiger partial charge in [-0.2, -0.15) is 0 Å². The summed E-state index contributed by atoms with van der Waals surface area (Å²) in [5.41, 5.74) is 4.16. The van der Waals surface area contributed by atoms with Crippen molar-refractivity contribution in [1.29, 1.82) is 0 Å². The van der Waals surface area contributed by atoms with Crippen molar-refractivity contribution in [3.05, 3.63) is 83.7 Å². The van der Waals surface area contributed by atoms with E-state index in [0.29, 0.717) is 19.6 Å². The van der Waals surface area contributed by atoms with Crippen LogP contribution in [0.3, 0.4) is 0 Å². The first-order valence-electron chi connectivity index (χ1n) is 8.76. The molecule has 2 heterocycles. The monoisotopic (exact) mass is 344 g/mol. The van der Waals surface area contributed by atoms with Gasteiger partial charge in [0.1, 0.15) is 0 Å². The Hall–Kier alpha value is -3.21. The molecule has 0 atom stereocenters. The zero-order chi connectivity index (χ0) is 17.8. The highest BCUT2D eigenvalue weighted by molar-refractivity contribution is 5.74. The predicted molar refractivity (Wildman–Crippen MR) is 100 cm³/mol. The summed E-state index contributed by atoms with van der Waals surface area (Å²) in [5, 5.41) is 2.98. The maximum absolute atomic E-state index is 12.4. The molecule has 0 radical (unpaired) electrons. The SMILES string of the molecule is O=C(NCc1ccccc1)N1CCc2nc(-c3ccccc3)ncc2C1. The van der Waals surface area contributed by atoms with Crippen LogP contribution in [0.5, 0.6) is 0 Å². The molecule has 0 aliphatic carbocycles. The van der Waals surface area contributed by atoms with Gasteiger partial charge < -0.3 is 10.2 Å². The van der Waals surface area contributed by atoms with E-state index in [9.17, 15) is 4.79 Å². The van der Waals surface area contributed by atoms with E-state index in [2.05, 4.69) is 10.3 Å². The van der Waals surface area contributed by atoms with Gasteiger partial charge in [-0.3, -0.25) is 0 Å². The molecule has 0 spiro atoms. The lowest BCUT2D eigenvalue weighted by molar-refractivity contribution is 0.191. The van der Waals surface area contributed by atoms with Gasteiger partial charge in [0.25, 0.3) is 0 Å². The topological polar surface area (TPSA) is 58.1 Å². The Morgan fingerprint density at radius 2 is 1.77 bits per heavy atom. The van der Waals surface area contributed by atoms with E-state index < -0.39 is 0 Å². The van der Waals surface area contributed by atoms with Gasteiger partial charge in [0.15, 0.2) is 5.82 Å². The number of fused-ring (bicyclic) bond motifs is 1. The van der Waals surface area contributed by atoms with Crippen LogP contribution in [-0.2, 0) is 19.5 Å². The molecule has 2 aromatic carbocycles. The Morgan fingerprint density at radius 1 is 1.04 bits per heavy atom. The first kappa shape index (κ1) is 16.3. The van der Waals surface area contributed by atoms with Crippen LogP contribution in [0.15, 0.2) is 66.9 Å². The molecule has 0 saturated heterocycles. The van der Waals surface area contributed by atoms with Gasteiger partial charge in [-0.15, -0.1) is 0 Å². The minimum atomic E-state index is -0.0494. The molecule has 1 aliphatic rings. The molecule has 0 saturated carbocycles. The first-order valence-corrected chi connectivity index (χ1v) is 8.76. The number of rotatable bonds is 3. The molecule has 0 bridgehead atoms. The molecule has 26 heavy (non-hydrogen) atoms. The highest BCUT2D eigenvalue weighted by Gasteiger charge is 2.22. The highest BCUT2D eigenvalue weighted by Crippen LogP contribution is 2.20. The Labute approximate surface area is 152 Å². The van der Waals surface area contributed by atoms with E-state index in [-0.39, 0.29) is 6.03 Å². The summed E-state index contributed by atoms with van der Waals surface area (Å²) in [7, 11) is 0.